The van der Waals surface area contributed by atoms with E-state index in [1.165, 1.54) is 69.3 Å². The van der Waals surface area contributed by atoms with Crippen LogP contribution < -0.4 is 9.47 Å². The van der Waals surface area contributed by atoms with E-state index in [1.807, 2.05) is 191 Å². The first-order chi connectivity index (χ1) is 68.5. The minimum absolute atomic E-state index is 0.0409. The topological polar surface area (TPSA) is 202 Å². The molecule has 0 atom stereocenters. The summed E-state index contributed by atoms with van der Waals surface area (Å²) >= 11 is 0. The molecule has 0 spiro atoms. The lowest BCUT2D eigenvalue weighted by atomic mass is 9.99. The number of ether oxygens (including phenoxy) is 5. The molecule has 2 heterocycles. The number of rotatable bonds is 23. The Balaban J connectivity index is 0.000000413. The second kappa shape index (κ2) is 67.2. The molecule has 2 saturated heterocycles. The summed E-state index contributed by atoms with van der Waals surface area (Å²) in [5, 5.41) is 17.3. The van der Waals surface area contributed by atoms with E-state index >= 15 is 0 Å². The normalized spacial score (nSPS) is 12.1. The number of methoxy groups -OCH3 is 2. The third-order valence-corrected chi connectivity index (χ3v) is 23.8. The monoisotopic (exact) mass is 2000 g/mol. The number of morpholine rings is 1. The van der Waals surface area contributed by atoms with Crippen LogP contribution in [0.5, 0.6) is 11.5 Å². The number of para-hydroxylation sites is 1. The molecule has 0 aromatic heterocycles. The van der Waals surface area contributed by atoms with Crippen molar-refractivity contribution in [1.29, 1.82) is 0 Å². The maximum Gasteiger partial charge on any atom is 0.419 e. The summed E-state index contributed by atoms with van der Waals surface area (Å²) in [5.41, 5.74) is 17.2. The summed E-state index contributed by atoms with van der Waals surface area (Å²) in [7, 11) is 8.80. The fourth-order valence-corrected chi connectivity index (χ4v) is 14.3. The number of hydrogen-bond acceptors (Lipinski definition) is 12. The molecular weight excluding hydrogens is 1830 g/mol. The number of carbonyl (C=O) groups excluding carboxylic acids is 4. The van der Waals surface area contributed by atoms with E-state index in [0.29, 0.717) is 108 Å². The zero-order valence-electron chi connectivity index (χ0n) is 91.7. The number of alkyl halides is 3. The molecular formula is C124H166F4N4O13. The second-order valence-electron chi connectivity index (χ2n) is 39.1. The van der Waals surface area contributed by atoms with Crippen molar-refractivity contribution in [2.75, 3.05) is 108 Å². The van der Waals surface area contributed by atoms with Crippen molar-refractivity contribution >= 4 is 35.6 Å². The number of likely N-dealkylation sites (N-methyl/N-ethyl adjacent to an activating group) is 1. The molecule has 17 nitrogen and oxygen atoms in total. The number of halogens is 4. The average molecular weight is 2000 g/mol. The molecule has 2 fully saturated rings. The van der Waals surface area contributed by atoms with Gasteiger partial charge in [-0.2, -0.15) is 13.2 Å². The summed E-state index contributed by atoms with van der Waals surface area (Å²) in [6.07, 6.45) is -4.41. The van der Waals surface area contributed by atoms with E-state index in [4.69, 9.17) is 33.9 Å². The van der Waals surface area contributed by atoms with Gasteiger partial charge in [-0.25, -0.2) is 18.8 Å². The Morgan fingerprint density at radius 3 is 1.07 bits per heavy atom. The Bertz CT molecular complexity index is 5480. The van der Waals surface area contributed by atoms with Crippen LogP contribution in [-0.4, -0.2) is 173 Å². The summed E-state index contributed by atoms with van der Waals surface area (Å²) in [6.45, 7) is 57.3. The summed E-state index contributed by atoms with van der Waals surface area (Å²) < 4.78 is 76.7. The Morgan fingerprint density at radius 2 is 0.717 bits per heavy atom. The molecule has 21 heteroatoms. The fourth-order valence-electron chi connectivity index (χ4n) is 14.3. The zero-order chi connectivity index (χ0) is 109. The van der Waals surface area contributed by atoms with Gasteiger partial charge in [0.15, 0.2) is 0 Å². The number of nitrogens with zero attached hydrogens (tertiary/aromatic N) is 4. The summed E-state index contributed by atoms with van der Waals surface area (Å²) in [6, 6.07) is 83.6. The minimum Gasteiger partial charge on any atom is -0.496 e. The molecule has 13 rings (SSSR count). The van der Waals surface area contributed by atoms with E-state index in [-0.39, 0.29) is 60.3 Å². The lowest BCUT2D eigenvalue weighted by Crippen LogP contribution is -2.47. The van der Waals surface area contributed by atoms with Crippen molar-refractivity contribution in [2.45, 2.75) is 237 Å². The highest BCUT2D eigenvalue weighted by molar-refractivity contribution is 5.96. The highest BCUT2D eigenvalue weighted by Crippen LogP contribution is 2.39. The van der Waals surface area contributed by atoms with Gasteiger partial charge >= 0.3 is 24.1 Å². The van der Waals surface area contributed by atoms with Crippen LogP contribution in [0.4, 0.5) is 17.6 Å². The number of benzene rings is 11. The van der Waals surface area contributed by atoms with Crippen LogP contribution in [-0.2, 0) is 20.4 Å². The summed E-state index contributed by atoms with van der Waals surface area (Å²) in [4.78, 5) is 76.0. The van der Waals surface area contributed by atoms with Crippen LogP contribution in [0, 0.1) is 12.7 Å². The zero-order valence-corrected chi connectivity index (χ0v) is 91.7. The van der Waals surface area contributed by atoms with Crippen LogP contribution >= 0.6 is 0 Å². The Labute approximate surface area is 865 Å². The smallest absolute Gasteiger partial charge is 0.419 e. The predicted octanol–water partition coefficient (Wildman–Crippen LogP) is 30.5. The van der Waals surface area contributed by atoms with Crippen LogP contribution in [0.25, 0.3) is 0 Å². The van der Waals surface area contributed by atoms with Crippen LogP contribution in [0.15, 0.2) is 267 Å². The quantitative estimate of drug-likeness (QED) is 0.0348. The first-order valence-electron chi connectivity index (χ1n) is 50.6. The van der Waals surface area contributed by atoms with Gasteiger partial charge < -0.3 is 53.5 Å². The molecule has 11 aromatic carbocycles. The van der Waals surface area contributed by atoms with Gasteiger partial charge in [-0.3, -0.25) is 14.4 Å². The largest absolute Gasteiger partial charge is 0.496 e. The van der Waals surface area contributed by atoms with E-state index in [0.717, 1.165) is 65.8 Å². The molecule has 0 aliphatic carbocycles. The lowest BCUT2D eigenvalue weighted by Gasteiger charge is -2.32. The molecule has 0 unspecified atom stereocenters. The van der Waals surface area contributed by atoms with E-state index in [9.17, 15) is 46.3 Å². The highest BCUT2D eigenvalue weighted by atomic mass is 19.4. The first-order valence-corrected chi connectivity index (χ1v) is 50.6. The average Bonchev–Trinajstić information content (AvgIpc) is 0.808. The van der Waals surface area contributed by atoms with Crippen LogP contribution in [0.1, 0.15) is 359 Å². The number of carboxylic acid groups (broad SMARTS) is 2. The van der Waals surface area contributed by atoms with Crippen LogP contribution in [0.3, 0.4) is 0 Å². The van der Waals surface area contributed by atoms with Crippen molar-refractivity contribution in [2.24, 2.45) is 0 Å². The number of hydrogen-bond donors (Lipinski definition) is 2. The highest BCUT2D eigenvalue weighted by Gasteiger charge is 2.35. The van der Waals surface area contributed by atoms with Crippen molar-refractivity contribution in [3.8, 4) is 11.5 Å². The molecule has 2 aliphatic rings. The standard InChI is InChI=1S/C15H22N2O.C14H19NO2.C13H17F3O2.C12H17NO.C12H16O2.2C10H12O2.C10H14O.C10H14.C9H11F.C9H12/c1-12(2)13-4-6-14(7-5-13)15(18)17-10-8-16(3)9-11-17;1-11(2)12-3-5-13(6-4-12)14(16)15-7-9-17-10-8-15;1-9(2)10-4-5-12(18-7-6-17-3)11(8-10)13(14,15)16;1-9(2)10-5-7-11(8-6-10)12(14)13(3)4;1-4-14-12(13)11-7-5-10(6-8-11)9(2)3;1-7(2)8-3-5-9(6-4-8)10(11)12;1-7(2)8-4-3-5-9(6-8)10(11)12;1-8(2)9-6-4-5-7-10(9)11-3;1-8(2)10-7-5-4-6-9(10)3;1-7(2)8-5-3-4-6-9(8)10;1-8(2)9-6-4-3-5-7-9/h4-7,12H,8-11H2,1-3H3;3-6,11H,7-10H2,1-2H3;4-5,8-9H,6-7H2,1-3H3;5-9H,1-4H3;5-9H,4H2,1-3H3;2*3-7H,1-2H3,(H,11,12);4-8H,1-3H3;4-8H,1-3H3;3-7H,1-2H3;3-8H,1-2H3. The second-order valence-corrected chi connectivity index (χ2v) is 39.1. The van der Waals surface area contributed by atoms with Crippen molar-refractivity contribution < 1.29 is 80.2 Å². The van der Waals surface area contributed by atoms with Crippen molar-refractivity contribution in [1.82, 2.24) is 19.6 Å². The molecule has 11 aromatic rings. The van der Waals surface area contributed by atoms with Gasteiger partial charge in [0.05, 0.1) is 55.8 Å². The predicted molar refractivity (Wildman–Crippen MR) is 587 cm³/mol. The number of aromatic carboxylic acids is 2. The van der Waals surface area contributed by atoms with E-state index < -0.39 is 23.7 Å². The maximum absolute atomic E-state index is 12.9. The molecule has 0 saturated carbocycles. The number of amides is 3. The Hall–Kier alpha value is -12.6. The van der Waals surface area contributed by atoms with Gasteiger partial charge in [0.2, 0.25) is 0 Å². The third-order valence-electron chi connectivity index (χ3n) is 23.8. The van der Waals surface area contributed by atoms with Gasteiger partial charge in [0.1, 0.15) is 23.9 Å². The third kappa shape index (κ3) is 47.4. The lowest BCUT2D eigenvalue weighted by molar-refractivity contribution is -0.139. The van der Waals surface area contributed by atoms with Gasteiger partial charge in [-0.1, -0.05) is 322 Å². The van der Waals surface area contributed by atoms with Gasteiger partial charge in [0, 0.05) is 77.2 Å². The van der Waals surface area contributed by atoms with Gasteiger partial charge in [-0.15, -0.1) is 0 Å². The van der Waals surface area contributed by atoms with Crippen LogP contribution in [0.2, 0.25) is 0 Å². The number of carboxylic acids is 2. The fraction of sp³-hybridized carbons (Fsp3) is 0.419. The Kier molecular flexibility index (Phi) is 58.7. The molecule has 145 heavy (non-hydrogen) atoms. The number of carbonyl (C=O) groups is 6. The molecule has 0 radical (unpaired) electrons. The molecule has 3 amide bonds. The molecule has 2 aliphatic heterocycles. The molecule has 788 valence electrons. The van der Waals surface area contributed by atoms with Gasteiger partial charge in [0.25, 0.3) is 17.7 Å². The summed E-state index contributed by atoms with van der Waals surface area (Å²) in [5.74, 6) is 4.11. The van der Waals surface area contributed by atoms with Gasteiger partial charge in [-0.05, 0) is 250 Å². The first kappa shape index (κ1) is 127. The molecule has 2 N–H and O–H groups in total. The number of aryl methyl sites for hydroxylation is 1. The number of piperazine rings is 1. The van der Waals surface area contributed by atoms with E-state index in [1.54, 1.807) is 75.5 Å². The minimum atomic E-state index is -4.41. The van der Waals surface area contributed by atoms with Crippen molar-refractivity contribution in [3.63, 3.8) is 0 Å². The van der Waals surface area contributed by atoms with E-state index in [2.05, 4.69) is 196 Å². The molecule has 0 bridgehead atoms. The SMILES string of the molecule is CC(C)c1ccc(C(=O)N(C)C)cc1.CC(C)c1ccc(C(=O)N2CCN(C)CC2)cc1.CC(C)c1ccc(C(=O)N2CCOCC2)cc1.CC(C)c1ccc(C(=O)O)cc1.CC(C)c1cccc(C(=O)O)c1.CC(C)c1ccccc1.CC(C)c1ccccc1F.CCOC(=O)c1ccc(C(C)C)cc1.COCCOc1ccc(C(C)C)cc1C(F)(F)F.COc1ccccc1C(C)C.Cc1ccccc1C(C)C. The number of esters is 1. The van der Waals surface area contributed by atoms with Crippen molar-refractivity contribution in [3.05, 3.63) is 378 Å². The Morgan fingerprint density at radius 1 is 0.366 bits per heavy atom. The maximum atomic E-state index is 12.9.